The molecule has 0 atom stereocenters. The minimum atomic E-state index is -1.37. The molecule has 3 aromatic rings. The normalized spacial score (nSPS) is 15.7. The van der Waals surface area contributed by atoms with Crippen molar-refractivity contribution >= 4 is 34.9 Å². The Hall–Kier alpha value is -2.65. The lowest BCUT2D eigenvalue weighted by Gasteiger charge is -2.34. The van der Waals surface area contributed by atoms with Gasteiger partial charge < -0.3 is 14.6 Å². The Balaban J connectivity index is 1.49. The van der Waals surface area contributed by atoms with E-state index < -0.39 is 24.0 Å². The zero-order chi connectivity index (χ0) is 25.2. The van der Waals surface area contributed by atoms with Crippen LogP contribution in [0, 0.1) is 11.2 Å². The molecule has 2 N–H and O–H groups in total. The fourth-order valence-corrected chi connectivity index (χ4v) is 6.07. The van der Waals surface area contributed by atoms with Crippen LogP contribution < -0.4 is 9.46 Å². The largest absolute Gasteiger partial charge is 0.495 e. The number of ether oxygens (including phenoxy) is 1. The van der Waals surface area contributed by atoms with E-state index in [9.17, 15) is 13.6 Å². The van der Waals surface area contributed by atoms with Gasteiger partial charge in [0.25, 0.3) is 0 Å². The van der Waals surface area contributed by atoms with E-state index in [0.717, 1.165) is 42.5 Å². The Kier molecular flexibility index (Phi) is 7.66. The van der Waals surface area contributed by atoms with Crippen LogP contribution in [0.3, 0.4) is 0 Å². The van der Waals surface area contributed by atoms with Crippen molar-refractivity contribution in [2.45, 2.75) is 57.1 Å². The molecule has 1 aliphatic rings. The summed E-state index contributed by atoms with van der Waals surface area (Å²) in [6, 6.07) is 8.27. The van der Waals surface area contributed by atoms with E-state index in [1.807, 2.05) is 17.5 Å². The number of hydrogen-bond acceptors (Lipinski definition) is 6. The molecule has 5 nitrogen and oxygen atoms in total. The summed E-state index contributed by atoms with van der Waals surface area (Å²) >= 11 is 2.55. The third-order valence-electron chi connectivity index (χ3n) is 6.58. The van der Waals surface area contributed by atoms with Gasteiger partial charge in [0.05, 0.1) is 18.4 Å². The zero-order valence-corrected chi connectivity index (χ0v) is 21.5. The number of carboxylic acids is 1. The second-order valence-electron chi connectivity index (χ2n) is 9.52. The minimum Gasteiger partial charge on any atom is -0.495 e. The Morgan fingerprint density at radius 2 is 2.03 bits per heavy atom. The third kappa shape index (κ3) is 5.78. The maximum Gasteiger partial charge on any atom is 0.338 e. The molecule has 4 rings (SSSR count). The number of anilines is 1. The SMILES string of the molecule is COc1cc(C(=O)O)c(F)cc1NSc1csc(-c2ccc(C3CCC(C)(C)CC3)cc2CF)n1. The summed E-state index contributed by atoms with van der Waals surface area (Å²) in [4.78, 5) is 15.8. The number of halogens is 2. The second kappa shape index (κ2) is 10.5. The summed E-state index contributed by atoms with van der Waals surface area (Å²) in [6.45, 7) is 4.06. The van der Waals surface area contributed by atoms with Crippen molar-refractivity contribution in [1.29, 1.82) is 0 Å². The van der Waals surface area contributed by atoms with Gasteiger partial charge in [-0.05, 0) is 54.2 Å². The van der Waals surface area contributed by atoms with E-state index >= 15 is 0 Å². The number of carboxylic acid groups (broad SMARTS) is 1. The average molecular weight is 519 g/mol. The van der Waals surface area contributed by atoms with E-state index in [1.165, 1.54) is 36.9 Å². The number of aromatic carboxylic acids is 1. The van der Waals surface area contributed by atoms with Gasteiger partial charge in [0.15, 0.2) is 0 Å². The van der Waals surface area contributed by atoms with Gasteiger partial charge in [-0.1, -0.05) is 32.0 Å². The molecule has 1 aromatic heterocycles. The van der Waals surface area contributed by atoms with Gasteiger partial charge >= 0.3 is 5.97 Å². The number of rotatable bonds is 8. The number of nitrogens with one attached hydrogen (secondary N) is 1. The molecule has 0 bridgehead atoms. The second-order valence-corrected chi connectivity index (χ2v) is 11.2. The number of nitrogens with zero attached hydrogens (tertiary/aromatic N) is 1. The van der Waals surface area contributed by atoms with Crippen molar-refractivity contribution in [2.75, 3.05) is 11.8 Å². The molecule has 2 aromatic carbocycles. The first-order valence-corrected chi connectivity index (χ1v) is 13.1. The van der Waals surface area contributed by atoms with Crippen molar-refractivity contribution in [1.82, 2.24) is 4.98 Å². The highest BCUT2D eigenvalue weighted by Crippen LogP contribution is 2.43. The Labute approximate surface area is 212 Å². The van der Waals surface area contributed by atoms with Crippen molar-refractivity contribution < 1.29 is 23.4 Å². The van der Waals surface area contributed by atoms with E-state index in [0.29, 0.717) is 32.6 Å². The van der Waals surface area contributed by atoms with Crippen molar-refractivity contribution in [3.63, 3.8) is 0 Å². The highest BCUT2D eigenvalue weighted by atomic mass is 32.2. The number of alkyl halides is 1. The molecule has 0 spiro atoms. The monoisotopic (exact) mass is 518 g/mol. The lowest BCUT2D eigenvalue weighted by molar-refractivity contribution is 0.0691. The third-order valence-corrected chi connectivity index (χ3v) is 8.35. The van der Waals surface area contributed by atoms with Crippen LogP contribution in [0.15, 0.2) is 40.7 Å². The molecule has 1 aliphatic carbocycles. The van der Waals surface area contributed by atoms with Gasteiger partial charge in [0.1, 0.15) is 28.3 Å². The molecule has 9 heteroatoms. The van der Waals surface area contributed by atoms with Crippen LogP contribution in [0.2, 0.25) is 0 Å². The van der Waals surface area contributed by atoms with Crippen molar-refractivity contribution in [3.05, 3.63) is 58.2 Å². The van der Waals surface area contributed by atoms with Crippen LogP contribution in [0.4, 0.5) is 14.5 Å². The smallest absolute Gasteiger partial charge is 0.338 e. The highest BCUT2D eigenvalue weighted by molar-refractivity contribution is 8.00. The Morgan fingerprint density at radius 1 is 1.29 bits per heavy atom. The molecular weight excluding hydrogens is 490 g/mol. The molecule has 0 amide bonds. The summed E-state index contributed by atoms with van der Waals surface area (Å²) in [5.74, 6) is -1.56. The van der Waals surface area contributed by atoms with Gasteiger partial charge in [0, 0.05) is 29.0 Å². The number of thiazole rings is 1. The zero-order valence-electron chi connectivity index (χ0n) is 19.9. The maximum atomic E-state index is 14.1. The van der Waals surface area contributed by atoms with E-state index in [2.05, 4.69) is 29.6 Å². The topological polar surface area (TPSA) is 71.5 Å². The summed E-state index contributed by atoms with van der Waals surface area (Å²) < 4.78 is 36.3. The molecule has 1 saturated carbocycles. The molecule has 0 saturated heterocycles. The lowest BCUT2D eigenvalue weighted by atomic mass is 9.71. The first-order valence-electron chi connectivity index (χ1n) is 11.4. The van der Waals surface area contributed by atoms with Crippen molar-refractivity contribution in [3.8, 4) is 16.3 Å². The van der Waals surface area contributed by atoms with Crippen LogP contribution in [-0.2, 0) is 6.67 Å². The van der Waals surface area contributed by atoms with Crippen LogP contribution in [-0.4, -0.2) is 23.2 Å². The summed E-state index contributed by atoms with van der Waals surface area (Å²) in [7, 11) is 1.38. The van der Waals surface area contributed by atoms with Crippen LogP contribution in [0.25, 0.3) is 10.6 Å². The van der Waals surface area contributed by atoms with Crippen LogP contribution in [0.5, 0.6) is 5.75 Å². The molecule has 35 heavy (non-hydrogen) atoms. The molecule has 1 heterocycles. The summed E-state index contributed by atoms with van der Waals surface area (Å²) in [5.41, 5.74) is 2.82. The fourth-order valence-electron chi connectivity index (χ4n) is 4.42. The predicted molar refractivity (Wildman–Crippen MR) is 137 cm³/mol. The number of carbonyl (C=O) groups is 1. The van der Waals surface area contributed by atoms with Crippen molar-refractivity contribution in [2.24, 2.45) is 5.41 Å². The van der Waals surface area contributed by atoms with Gasteiger partial charge in [-0.15, -0.1) is 11.3 Å². The average Bonchev–Trinajstić information content (AvgIpc) is 3.31. The first kappa shape index (κ1) is 25.4. The van der Waals surface area contributed by atoms with Gasteiger partial charge in [-0.3, -0.25) is 0 Å². The molecular formula is C26H28F2N2O3S2. The minimum absolute atomic E-state index is 0.202. The molecule has 0 aliphatic heterocycles. The van der Waals surface area contributed by atoms with E-state index in [-0.39, 0.29) is 5.75 Å². The van der Waals surface area contributed by atoms with E-state index in [4.69, 9.17) is 9.84 Å². The summed E-state index contributed by atoms with van der Waals surface area (Å²) in [6.07, 6.45) is 4.61. The number of methoxy groups -OCH3 is 1. The van der Waals surface area contributed by atoms with Crippen LogP contribution >= 0.6 is 23.3 Å². The quantitative estimate of drug-likeness (QED) is 0.295. The Bertz CT molecular complexity index is 1220. The standard InChI is InChI=1S/C26H28F2N2O3S2/c1-26(2)8-6-15(7-9-26)16-4-5-18(17(10-16)13-27)24-29-23(14-34-24)35-30-21-12-20(28)19(25(31)32)11-22(21)33-3/h4-5,10-12,14-15,30H,6-9,13H2,1-3H3,(H,31,32). The summed E-state index contributed by atoms with van der Waals surface area (Å²) in [5, 5.41) is 12.3. The maximum absolute atomic E-state index is 14.1. The molecule has 1 fully saturated rings. The molecule has 0 unspecified atom stereocenters. The molecule has 186 valence electrons. The van der Waals surface area contributed by atoms with Crippen LogP contribution in [0.1, 0.15) is 66.9 Å². The van der Waals surface area contributed by atoms with E-state index in [1.54, 1.807) is 0 Å². The Morgan fingerprint density at radius 3 is 2.69 bits per heavy atom. The van der Waals surface area contributed by atoms with Gasteiger partial charge in [-0.2, -0.15) is 0 Å². The molecule has 0 radical (unpaired) electrons. The first-order chi connectivity index (χ1) is 16.7. The number of benzene rings is 2. The lowest BCUT2D eigenvalue weighted by Crippen LogP contribution is -2.20. The fraction of sp³-hybridized carbons (Fsp3) is 0.385. The number of aromatic nitrogens is 1. The highest BCUT2D eigenvalue weighted by Gasteiger charge is 2.28. The predicted octanol–water partition coefficient (Wildman–Crippen LogP) is 7.93. The van der Waals surface area contributed by atoms with Gasteiger partial charge in [-0.25, -0.2) is 18.6 Å². The number of hydrogen-bond donors (Lipinski definition) is 2. The van der Waals surface area contributed by atoms with Gasteiger partial charge in [0.2, 0.25) is 0 Å².